The Morgan fingerprint density at radius 2 is 1.65 bits per heavy atom. The Balaban J connectivity index is 1.52. The Morgan fingerprint density at radius 3 is 2.29 bits per heavy atom. The highest BCUT2D eigenvalue weighted by molar-refractivity contribution is 7.92. The lowest BCUT2D eigenvalue weighted by Gasteiger charge is -2.18. The van der Waals surface area contributed by atoms with Gasteiger partial charge in [0.2, 0.25) is 0 Å². The van der Waals surface area contributed by atoms with Crippen molar-refractivity contribution >= 4 is 21.8 Å². The summed E-state index contributed by atoms with van der Waals surface area (Å²) < 4.78 is 33.2. The van der Waals surface area contributed by atoms with Crippen molar-refractivity contribution in [3.05, 3.63) is 82.9 Å². The van der Waals surface area contributed by atoms with Crippen LogP contribution in [0.2, 0.25) is 0 Å². The number of rotatable bonds is 5. The van der Waals surface area contributed by atoms with E-state index in [4.69, 9.17) is 4.74 Å². The van der Waals surface area contributed by atoms with E-state index in [-0.39, 0.29) is 6.54 Å². The fourth-order valence-electron chi connectivity index (χ4n) is 3.91. The molecule has 0 aromatic heterocycles. The maximum absolute atomic E-state index is 12.1. The van der Waals surface area contributed by atoms with Gasteiger partial charge in [-0.3, -0.25) is 4.79 Å². The molecule has 1 aliphatic rings. The average Bonchev–Trinajstić information content (AvgIpc) is 2.98. The minimum absolute atomic E-state index is 0.214. The van der Waals surface area contributed by atoms with E-state index in [0.29, 0.717) is 23.6 Å². The van der Waals surface area contributed by atoms with Crippen LogP contribution in [0, 0.1) is 20.8 Å². The number of nitrogens with zero attached hydrogens (tertiary/aromatic N) is 1. The molecule has 7 heteroatoms. The second-order valence-electron chi connectivity index (χ2n) is 7.74. The van der Waals surface area contributed by atoms with Crippen LogP contribution in [0.4, 0.5) is 5.69 Å². The van der Waals surface area contributed by atoms with Crippen molar-refractivity contribution in [1.82, 2.24) is 4.72 Å². The number of carbonyl (C=O) groups excluding carboxylic acids is 1. The number of amides is 1. The third kappa shape index (κ3) is 4.27. The molecule has 0 saturated carbocycles. The van der Waals surface area contributed by atoms with Crippen molar-refractivity contribution in [3.63, 3.8) is 0 Å². The molecular formula is C24H24N2O4S. The highest BCUT2D eigenvalue weighted by Gasteiger charge is 2.34. The molecule has 1 aliphatic heterocycles. The highest BCUT2D eigenvalue weighted by Crippen LogP contribution is 2.30. The molecule has 3 aromatic rings. The number of aryl methyl sites for hydroxylation is 3. The molecule has 1 fully saturated rings. The van der Waals surface area contributed by atoms with Crippen molar-refractivity contribution in [2.45, 2.75) is 27.4 Å². The zero-order valence-electron chi connectivity index (χ0n) is 17.7. The van der Waals surface area contributed by atoms with Crippen LogP contribution in [0.5, 0.6) is 5.75 Å². The maximum atomic E-state index is 12.1. The van der Waals surface area contributed by atoms with E-state index in [9.17, 15) is 13.2 Å². The van der Waals surface area contributed by atoms with Crippen molar-refractivity contribution in [3.8, 4) is 16.9 Å². The van der Waals surface area contributed by atoms with E-state index < -0.39 is 16.1 Å². The number of anilines is 1. The van der Waals surface area contributed by atoms with E-state index in [2.05, 4.69) is 44.2 Å². The molecule has 31 heavy (non-hydrogen) atoms. The third-order valence-corrected chi connectivity index (χ3v) is 6.75. The Labute approximate surface area is 182 Å². The Hall–Kier alpha value is -3.32. The lowest BCUT2D eigenvalue weighted by atomic mass is 9.95. The SMILES string of the molecule is Cc1cc(OCc2cccc(-c3c(C)cccc3C)c2)ccc1N1CC(=O)NS1(=O)=O. The molecule has 1 heterocycles. The molecule has 3 aromatic carbocycles. The quantitative estimate of drug-likeness (QED) is 0.655. The van der Waals surface area contributed by atoms with Crippen molar-refractivity contribution in [1.29, 1.82) is 0 Å². The summed E-state index contributed by atoms with van der Waals surface area (Å²) >= 11 is 0. The molecule has 6 nitrogen and oxygen atoms in total. The predicted octanol–water partition coefficient (Wildman–Crippen LogP) is 4.04. The first-order valence-corrected chi connectivity index (χ1v) is 11.4. The predicted molar refractivity (Wildman–Crippen MR) is 121 cm³/mol. The molecule has 1 N–H and O–H groups in total. The first-order valence-electron chi connectivity index (χ1n) is 9.97. The van der Waals surface area contributed by atoms with Crippen LogP contribution >= 0.6 is 0 Å². The van der Waals surface area contributed by atoms with Gasteiger partial charge in [0.15, 0.2) is 0 Å². The van der Waals surface area contributed by atoms with Crippen LogP contribution in [-0.2, 0) is 21.6 Å². The maximum Gasteiger partial charge on any atom is 0.326 e. The minimum atomic E-state index is -3.83. The van der Waals surface area contributed by atoms with Gasteiger partial charge in [0.1, 0.15) is 18.9 Å². The molecule has 0 aliphatic carbocycles. The third-order valence-electron chi connectivity index (χ3n) is 5.36. The van der Waals surface area contributed by atoms with Gasteiger partial charge in [-0.2, -0.15) is 8.42 Å². The van der Waals surface area contributed by atoms with E-state index in [1.807, 2.05) is 16.9 Å². The number of ether oxygens (including phenoxy) is 1. The molecule has 4 rings (SSSR count). The zero-order valence-corrected chi connectivity index (χ0v) is 18.5. The second-order valence-corrected chi connectivity index (χ2v) is 9.34. The fourth-order valence-corrected chi connectivity index (χ4v) is 5.13. The lowest BCUT2D eigenvalue weighted by molar-refractivity contribution is -0.117. The minimum Gasteiger partial charge on any atom is -0.489 e. The van der Waals surface area contributed by atoms with Crippen LogP contribution in [0.15, 0.2) is 60.7 Å². The molecule has 1 amide bonds. The number of nitrogens with one attached hydrogen (secondary N) is 1. The summed E-state index contributed by atoms with van der Waals surface area (Å²) in [5.74, 6) is 0.0955. The molecule has 0 radical (unpaired) electrons. The van der Waals surface area contributed by atoms with Gasteiger partial charge in [0, 0.05) is 0 Å². The Morgan fingerprint density at radius 1 is 0.935 bits per heavy atom. The van der Waals surface area contributed by atoms with Gasteiger partial charge < -0.3 is 4.74 Å². The number of benzene rings is 3. The van der Waals surface area contributed by atoms with Crippen molar-refractivity contribution < 1.29 is 17.9 Å². The summed E-state index contributed by atoms with van der Waals surface area (Å²) in [6.45, 7) is 6.19. The van der Waals surface area contributed by atoms with Gasteiger partial charge in [0.25, 0.3) is 5.91 Å². The van der Waals surface area contributed by atoms with Gasteiger partial charge in [-0.25, -0.2) is 9.03 Å². The number of carbonyl (C=O) groups is 1. The van der Waals surface area contributed by atoms with Gasteiger partial charge in [-0.15, -0.1) is 0 Å². The molecule has 160 valence electrons. The molecule has 0 bridgehead atoms. The molecule has 0 atom stereocenters. The fraction of sp³-hybridized carbons (Fsp3) is 0.208. The topological polar surface area (TPSA) is 75.7 Å². The number of hydrogen-bond acceptors (Lipinski definition) is 4. The zero-order chi connectivity index (χ0) is 22.2. The van der Waals surface area contributed by atoms with E-state index in [1.165, 1.54) is 16.7 Å². The highest BCUT2D eigenvalue weighted by atomic mass is 32.2. The van der Waals surface area contributed by atoms with Gasteiger partial charge >= 0.3 is 10.2 Å². The van der Waals surface area contributed by atoms with Crippen LogP contribution in [-0.4, -0.2) is 20.9 Å². The standard InChI is InChI=1S/C24H24N2O4S/c1-16-6-4-7-17(2)24(16)20-9-5-8-19(13-20)15-30-21-10-11-22(18(3)12-21)26-14-23(27)25-31(26,28)29/h4-13H,14-15H2,1-3H3,(H,25,27). The smallest absolute Gasteiger partial charge is 0.326 e. The van der Waals surface area contributed by atoms with Crippen LogP contribution in [0.25, 0.3) is 11.1 Å². The lowest BCUT2D eigenvalue weighted by Crippen LogP contribution is -2.29. The van der Waals surface area contributed by atoms with Crippen LogP contribution < -0.4 is 13.8 Å². The summed E-state index contributed by atoms with van der Waals surface area (Å²) in [4.78, 5) is 11.5. The normalized spacial score (nSPS) is 15.1. The van der Waals surface area contributed by atoms with Gasteiger partial charge in [-0.05, 0) is 78.4 Å². The molecule has 1 saturated heterocycles. The monoisotopic (exact) mass is 436 g/mol. The summed E-state index contributed by atoms with van der Waals surface area (Å²) in [6.07, 6.45) is 0. The first kappa shape index (κ1) is 20.9. The summed E-state index contributed by atoms with van der Waals surface area (Å²) in [6, 6.07) is 19.7. The average molecular weight is 437 g/mol. The summed E-state index contributed by atoms with van der Waals surface area (Å²) in [7, 11) is -3.83. The van der Waals surface area contributed by atoms with Gasteiger partial charge in [-0.1, -0.05) is 36.4 Å². The molecule has 0 unspecified atom stereocenters. The number of hydrogen-bond donors (Lipinski definition) is 1. The summed E-state index contributed by atoms with van der Waals surface area (Å²) in [5, 5.41) is 0. The first-order chi connectivity index (χ1) is 14.7. The Kier molecular flexibility index (Phi) is 5.45. The van der Waals surface area contributed by atoms with Gasteiger partial charge in [0.05, 0.1) is 5.69 Å². The second kappa shape index (κ2) is 8.07. The van der Waals surface area contributed by atoms with Crippen LogP contribution in [0.3, 0.4) is 0 Å². The summed E-state index contributed by atoms with van der Waals surface area (Å²) in [5.41, 5.74) is 7.06. The van der Waals surface area contributed by atoms with E-state index in [1.54, 1.807) is 25.1 Å². The largest absolute Gasteiger partial charge is 0.489 e. The van der Waals surface area contributed by atoms with E-state index >= 15 is 0 Å². The van der Waals surface area contributed by atoms with Crippen molar-refractivity contribution in [2.75, 3.05) is 10.8 Å². The Bertz CT molecular complexity index is 1250. The molecular weight excluding hydrogens is 412 g/mol. The van der Waals surface area contributed by atoms with E-state index in [0.717, 1.165) is 15.4 Å². The van der Waals surface area contributed by atoms with Crippen molar-refractivity contribution in [2.24, 2.45) is 0 Å². The van der Waals surface area contributed by atoms with Crippen LogP contribution in [0.1, 0.15) is 22.3 Å². The molecule has 0 spiro atoms.